The second-order valence-corrected chi connectivity index (χ2v) is 3.21. The molecule has 0 aromatic heterocycles. The Balaban J connectivity index is 0.00000256. The van der Waals surface area contributed by atoms with E-state index in [-0.39, 0.29) is 24.4 Å². The summed E-state index contributed by atoms with van der Waals surface area (Å²) in [5, 5.41) is 9.32. The molecule has 0 saturated carbocycles. The molecule has 1 rings (SSSR count). The Morgan fingerprint density at radius 3 is 2.59 bits per heavy atom. The number of esters is 1. The van der Waals surface area contributed by atoms with Crippen molar-refractivity contribution in [3.63, 3.8) is 0 Å². The van der Waals surface area contributed by atoms with E-state index in [0.717, 1.165) is 13.2 Å². The molecule has 4 nitrogen and oxygen atoms in total. The van der Waals surface area contributed by atoms with Crippen LogP contribution < -0.4 is 5.73 Å². The van der Waals surface area contributed by atoms with Gasteiger partial charge in [-0.05, 0) is 0 Å². The maximum absolute atomic E-state index is 13.3. The summed E-state index contributed by atoms with van der Waals surface area (Å²) in [4.78, 5) is 10.9. The van der Waals surface area contributed by atoms with Crippen molar-refractivity contribution < 1.29 is 23.4 Å². The van der Waals surface area contributed by atoms with E-state index in [1.54, 1.807) is 0 Å². The molecule has 17 heavy (non-hydrogen) atoms. The summed E-state index contributed by atoms with van der Waals surface area (Å²) in [7, 11) is 1.16. The topological polar surface area (TPSA) is 72.5 Å². The maximum atomic E-state index is 13.3. The van der Waals surface area contributed by atoms with Crippen molar-refractivity contribution >= 4 is 18.4 Å². The minimum atomic E-state index is -1.08. The van der Waals surface area contributed by atoms with E-state index in [1.165, 1.54) is 0 Å². The molecule has 0 aliphatic heterocycles. The number of hydrogen-bond donors (Lipinski definition) is 2. The predicted octanol–water partition coefficient (Wildman–Crippen LogP) is 1.66. The van der Waals surface area contributed by atoms with Crippen LogP contribution in [0, 0.1) is 11.6 Å². The lowest BCUT2D eigenvalue weighted by Crippen LogP contribution is -2.18. The number of phenolic OH excluding ortho intramolecular Hbond substituents is 1. The van der Waals surface area contributed by atoms with E-state index < -0.39 is 29.4 Å². The second-order valence-electron chi connectivity index (χ2n) is 3.21. The third kappa shape index (κ3) is 3.83. The largest absolute Gasteiger partial charge is 0.507 e. The summed E-state index contributed by atoms with van der Waals surface area (Å²) < 4.78 is 30.3. The molecule has 0 saturated heterocycles. The summed E-state index contributed by atoms with van der Waals surface area (Å²) in [6.45, 7) is 0. The van der Waals surface area contributed by atoms with E-state index in [9.17, 15) is 18.7 Å². The number of hydrogen-bond acceptors (Lipinski definition) is 4. The predicted molar refractivity (Wildman–Crippen MR) is 58.8 cm³/mol. The van der Waals surface area contributed by atoms with Crippen LogP contribution in [0.1, 0.15) is 18.0 Å². The Labute approximate surface area is 103 Å². The third-order valence-electron chi connectivity index (χ3n) is 2.06. The summed E-state index contributed by atoms with van der Waals surface area (Å²) >= 11 is 0. The van der Waals surface area contributed by atoms with Crippen LogP contribution in [0.25, 0.3) is 0 Å². The van der Waals surface area contributed by atoms with E-state index in [2.05, 4.69) is 4.74 Å². The van der Waals surface area contributed by atoms with Gasteiger partial charge in [0, 0.05) is 23.7 Å². The Kier molecular flexibility index (Phi) is 5.84. The van der Waals surface area contributed by atoms with E-state index >= 15 is 0 Å². The van der Waals surface area contributed by atoms with Crippen molar-refractivity contribution in [2.45, 2.75) is 12.5 Å². The molecule has 1 aromatic carbocycles. The fraction of sp³-hybridized carbons (Fsp3) is 0.300. The first-order chi connectivity index (χ1) is 7.45. The highest BCUT2D eigenvalue weighted by molar-refractivity contribution is 5.85. The molecule has 1 atom stereocenters. The van der Waals surface area contributed by atoms with Crippen molar-refractivity contribution in [2.75, 3.05) is 7.11 Å². The molecular weight excluding hydrogens is 256 g/mol. The van der Waals surface area contributed by atoms with Crippen LogP contribution in [-0.2, 0) is 9.53 Å². The number of phenols is 1. The van der Waals surface area contributed by atoms with Gasteiger partial charge in [-0.1, -0.05) is 0 Å². The van der Waals surface area contributed by atoms with Crippen LogP contribution in [0.3, 0.4) is 0 Å². The van der Waals surface area contributed by atoms with Crippen molar-refractivity contribution in [3.05, 3.63) is 29.3 Å². The first-order valence-electron chi connectivity index (χ1n) is 4.46. The summed E-state index contributed by atoms with van der Waals surface area (Å²) in [5.41, 5.74) is 5.20. The molecule has 96 valence electrons. The molecule has 1 aromatic rings. The van der Waals surface area contributed by atoms with E-state index in [4.69, 9.17) is 5.73 Å². The lowest BCUT2D eigenvalue weighted by molar-refractivity contribution is -0.141. The Morgan fingerprint density at radius 2 is 2.12 bits per heavy atom. The van der Waals surface area contributed by atoms with Crippen molar-refractivity contribution in [1.82, 2.24) is 0 Å². The fourth-order valence-electron chi connectivity index (χ4n) is 1.30. The highest BCUT2D eigenvalue weighted by Crippen LogP contribution is 2.28. The Hall–Kier alpha value is -1.40. The lowest BCUT2D eigenvalue weighted by atomic mass is 10.0. The van der Waals surface area contributed by atoms with Crippen LogP contribution in [0.4, 0.5) is 8.78 Å². The van der Waals surface area contributed by atoms with Gasteiger partial charge >= 0.3 is 5.97 Å². The zero-order chi connectivity index (χ0) is 12.3. The molecule has 0 radical (unpaired) electrons. The minimum Gasteiger partial charge on any atom is -0.507 e. The maximum Gasteiger partial charge on any atom is 0.307 e. The van der Waals surface area contributed by atoms with Crippen molar-refractivity contribution in [2.24, 2.45) is 5.73 Å². The number of carbonyl (C=O) groups is 1. The van der Waals surface area contributed by atoms with Gasteiger partial charge in [-0.15, -0.1) is 12.4 Å². The van der Waals surface area contributed by atoms with E-state index in [1.807, 2.05) is 0 Å². The summed E-state index contributed by atoms with van der Waals surface area (Å²) in [5.74, 6) is -3.16. The van der Waals surface area contributed by atoms with Gasteiger partial charge < -0.3 is 15.6 Å². The van der Waals surface area contributed by atoms with Gasteiger partial charge in [0.2, 0.25) is 0 Å². The molecule has 0 aliphatic carbocycles. The van der Waals surface area contributed by atoms with Gasteiger partial charge in [-0.3, -0.25) is 4.79 Å². The van der Waals surface area contributed by atoms with Gasteiger partial charge in [-0.2, -0.15) is 0 Å². The molecule has 0 bridgehead atoms. The smallest absolute Gasteiger partial charge is 0.307 e. The lowest BCUT2D eigenvalue weighted by Gasteiger charge is -2.13. The molecule has 3 N–H and O–H groups in total. The molecular formula is C10H12ClF2NO3. The Bertz CT molecular complexity index is 392. The second kappa shape index (κ2) is 6.36. The quantitative estimate of drug-likeness (QED) is 0.817. The van der Waals surface area contributed by atoms with E-state index in [0.29, 0.717) is 6.07 Å². The molecule has 0 amide bonds. The number of ether oxygens (including phenoxy) is 1. The number of rotatable bonds is 3. The monoisotopic (exact) mass is 267 g/mol. The van der Waals surface area contributed by atoms with Gasteiger partial charge in [0.1, 0.15) is 17.4 Å². The average molecular weight is 268 g/mol. The number of carbonyl (C=O) groups excluding carboxylic acids is 1. The first-order valence-corrected chi connectivity index (χ1v) is 4.46. The van der Waals surface area contributed by atoms with Gasteiger partial charge in [0.25, 0.3) is 0 Å². The normalized spacial score (nSPS) is 11.5. The zero-order valence-electron chi connectivity index (χ0n) is 8.94. The highest BCUT2D eigenvalue weighted by Gasteiger charge is 2.20. The summed E-state index contributed by atoms with van der Waals surface area (Å²) in [6, 6.07) is 0.245. The van der Waals surface area contributed by atoms with Crippen LogP contribution in [0.5, 0.6) is 5.75 Å². The fourth-order valence-corrected chi connectivity index (χ4v) is 1.30. The highest BCUT2D eigenvalue weighted by atomic mass is 35.5. The van der Waals surface area contributed by atoms with Crippen LogP contribution >= 0.6 is 12.4 Å². The van der Waals surface area contributed by atoms with Crippen LogP contribution in [0.15, 0.2) is 12.1 Å². The van der Waals surface area contributed by atoms with Crippen LogP contribution in [-0.4, -0.2) is 18.2 Å². The number of halogens is 3. The molecule has 0 aliphatic rings. The zero-order valence-corrected chi connectivity index (χ0v) is 9.76. The van der Waals surface area contributed by atoms with Crippen molar-refractivity contribution in [1.29, 1.82) is 0 Å². The van der Waals surface area contributed by atoms with Crippen LogP contribution in [0.2, 0.25) is 0 Å². The van der Waals surface area contributed by atoms with Gasteiger partial charge in [-0.25, -0.2) is 8.78 Å². The standard InChI is InChI=1S/C10H11F2NO3.ClH/c1-16-9(15)4-7(13)10-6(12)2-5(11)3-8(10)14;/h2-3,7,14H,4,13H2,1H3;1H/t7-;/m1./s1. The average Bonchev–Trinajstić information content (AvgIpc) is 2.15. The van der Waals surface area contributed by atoms with Crippen molar-refractivity contribution in [3.8, 4) is 5.75 Å². The Morgan fingerprint density at radius 1 is 1.53 bits per heavy atom. The molecule has 0 unspecified atom stereocenters. The molecule has 0 heterocycles. The number of methoxy groups -OCH3 is 1. The first kappa shape index (κ1) is 15.6. The molecule has 7 heteroatoms. The molecule has 0 spiro atoms. The number of nitrogens with two attached hydrogens (primary N) is 1. The number of aromatic hydroxyl groups is 1. The van der Waals surface area contributed by atoms with Gasteiger partial charge in [0.15, 0.2) is 0 Å². The summed E-state index contributed by atoms with van der Waals surface area (Å²) in [6.07, 6.45) is -0.299. The molecule has 0 fully saturated rings. The minimum absolute atomic E-state index is 0. The number of benzene rings is 1. The third-order valence-corrected chi connectivity index (χ3v) is 2.06. The SMILES string of the molecule is COC(=O)C[C@@H](N)c1c(O)cc(F)cc1F.Cl. The van der Waals surface area contributed by atoms with Gasteiger partial charge in [0.05, 0.1) is 13.5 Å².